The molecule has 0 amide bonds. The van der Waals surface area contributed by atoms with Crippen molar-refractivity contribution in [3.63, 3.8) is 0 Å². The number of para-hydroxylation sites is 1. The maximum absolute atomic E-state index is 10.2. The lowest BCUT2D eigenvalue weighted by molar-refractivity contribution is 0.166. The molecule has 0 aliphatic carbocycles. The average molecular weight is 373 g/mol. The van der Waals surface area contributed by atoms with E-state index in [0.717, 1.165) is 22.3 Å². The number of fused-ring (bicyclic) bond motifs is 2. The van der Waals surface area contributed by atoms with Gasteiger partial charge in [0.2, 0.25) is 0 Å². The summed E-state index contributed by atoms with van der Waals surface area (Å²) in [5, 5.41) is 19.1. The van der Waals surface area contributed by atoms with Crippen LogP contribution in [-0.2, 0) is 6.54 Å². The molecule has 28 heavy (non-hydrogen) atoms. The second-order valence-corrected chi connectivity index (χ2v) is 6.70. The third-order valence-corrected chi connectivity index (χ3v) is 4.65. The normalized spacial score (nSPS) is 12.6. The van der Waals surface area contributed by atoms with Crippen molar-refractivity contribution in [1.29, 1.82) is 0 Å². The van der Waals surface area contributed by atoms with Gasteiger partial charge in [0, 0.05) is 30.9 Å². The van der Waals surface area contributed by atoms with Crippen molar-refractivity contribution in [2.75, 3.05) is 11.9 Å². The first kappa shape index (κ1) is 16.6. The van der Waals surface area contributed by atoms with Crippen LogP contribution in [0.15, 0.2) is 77.6 Å². The Kier molecular flexibility index (Phi) is 4.06. The Morgan fingerprint density at radius 3 is 2.79 bits per heavy atom. The van der Waals surface area contributed by atoms with Crippen molar-refractivity contribution in [3.05, 3.63) is 73.2 Å². The fraction of sp³-hybridized carbons (Fsp3) is 0.143. The van der Waals surface area contributed by atoms with Crippen LogP contribution in [-0.4, -0.2) is 36.9 Å². The molecule has 140 valence electrons. The van der Waals surface area contributed by atoms with E-state index in [1.807, 2.05) is 71.6 Å². The molecule has 1 unspecified atom stereocenters. The molecule has 0 saturated heterocycles. The van der Waals surface area contributed by atoms with Crippen LogP contribution in [0, 0.1) is 0 Å². The van der Waals surface area contributed by atoms with Crippen molar-refractivity contribution in [3.8, 4) is 11.5 Å². The largest absolute Gasteiger partial charge is 0.454 e. The molecule has 0 saturated carbocycles. The molecule has 2 N–H and O–H groups in total. The number of imidazole rings is 1. The lowest BCUT2D eigenvalue weighted by atomic mass is 10.2. The SMILES string of the molecule is OC(CNc1ccc2ncc(-c3cc4ccccc4o3)n2n1)Cn1cccc1. The number of hydrogen-bond donors (Lipinski definition) is 2. The van der Waals surface area contributed by atoms with E-state index in [9.17, 15) is 5.11 Å². The van der Waals surface area contributed by atoms with Crippen LogP contribution in [0.3, 0.4) is 0 Å². The Labute approximate surface area is 160 Å². The van der Waals surface area contributed by atoms with Crippen molar-refractivity contribution >= 4 is 22.4 Å². The van der Waals surface area contributed by atoms with Gasteiger partial charge in [0.05, 0.1) is 12.3 Å². The number of aliphatic hydroxyl groups is 1. The second-order valence-electron chi connectivity index (χ2n) is 6.70. The Morgan fingerprint density at radius 1 is 1.07 bits per heavy atom. The molecule has 0 bridgehead atoms. The van der Waals surface area contributed by atoms with Crippen LogP contribution in [0.4, 0.5) is 5.82 Å². The van der Waals surface area contributed by atoms with Crippen LogP contribution >= 0.6 is 0 Å². The van der Waals surface area contributed by atoms with E-state index in [-0.39, 0.29) is 0 Å². The van der Waals surface area contributed by atoms with Gasteiger partial charge in [-0.25, -0.2) is 9.50 Å². The third-order valence-electron chi connectivity index (χ3n) is 4.65. The number of nitrogens with zero attached hydrogens (tertiary/aromatic N) is 4. The number of nitrogens with one attached hydrogen (secondary N) is 1. The number of benzene rings is 1. The van der Waals surface area contributed by atoms with Gasteiger partial charge in [0.25, 0.3) is 0 Å². The zero-order chi connectivity index (χ0) is 18.9. The summed E-state index contributed by atoms with van der Waals surface area (Å²) in [6.45, 7) is 0.920. The molecule has 7 heteroatoms. The molecular formula is C21H19N5O2. The molecule has 5 rings (SSSR count). The predicted molar refractivity (Wildman–Crippen MR) is 107 cm³/mol. The van der Waals surface area contributed by atoms with Gasteiger partial charge in [-0.05, 0) is 36.4 Å². The van der Waals surface area contributed by atoms with E-state index in [0.29, 0.717) is 24.7 Å². The quantitative estimate of drug-likeness (QED) is 0.477. The van der Waals surface area contributed by atoms with E-state index < -0.39 is 6.10 Å². The first-order valence-corrected chi connectivity index (χ1v) is 9.13. The smallest absolute Gasteiger partial charge is 0.155 e. The molecule has 0 aliphatic heterocycles. The van der Waals surface area contributed by atoms with E-state index in [4.69, 9.17) is 4.42 Å². The number of aromatic nitrogens is 4. The van der Waals surface area contributed by atoms with Gasteiger partial charge < -0.3 is 19.4 Å². The van der Waals surface area contributed by atoms with Gasteiger partial charge in [0.15, 0.2) is 11.4 Å². The first-order valence-electron chi connectivity index (χ1n) is 9.13. The monoisotopic (exact) mass is 373 g/mol. The van der Waals surface area contributed by atoms with E-state index in [2.05, 4.69) is 15.4 Å². The molecule has 1 atom stereocenters. The Morgan fingerprint density at radius 2 is 1.93 bits per heavy atom. The topological polar surface area (TPSA) is 80.5 Å². The van der Waals surface area contributed by atoms with Gasteiger partial charge >= 0.3 is 0 Å². The standard InChI is InChI=1S/C21H19N5O2/c27-16(14-25-9-3-4-10-25)12-22-20-7-8-21-23-13-17(26(21)24-20)19-11-15-5-1-2-6-18(15)28-19/h1-11,13,16,27H,12,14H2,(H,22,24). The lowest BCUT2D eigenvalue weighted by Gasteiger charge is -2.13. The number of hydrogen-bond acceptors (Lipinski definition) is 5. The fourth-order valence-electron chi connectivity index (χ4n) is 3.27. The molecule has 0 fully saturated rings. The van der Waals surface area contributed by atoms with E-state index in [1.54, 1.807) is 10.7 Å². The van der Waals surface area contributed by atoms with Crippen LogP contribution in [0.2, 0.25) is 0 Å². The molecule has 0 aliphatic rings. The molecule has 1 aromatic carbocycles. The minimum atomic E-state index is -0.525. The van der Waals surface area contributed by atoms with Crippen LogP contribution in [0.25, 0.3) is 28.1 Å². The molecule has 0 radical (unpaired) electrons. The summed E-state index contributed by atoms with van der Waals surface area (Å²) in [7, 11) is 0. The summed E-state index contributed by atoms with van der Waals surface area (Å²) in [4.78, 5) is 4.41. The maximum Gasteiger partial charge on any atom is 0.155 e. The van der Waals surface area contributed by atoms with Crippen molar-refractivity contribution < 1.29 is 9.52 Å². The highest BCUT2D eigenvalue weighted by Crippen LogP contribution is 2.28. The zero-order valence-electron chi connectivity index (χ0n) is 15.1. The molecule has 7 nitrogen and oxygen atoms in total. The van der Waals surface area contributed by atoms with E-state index >= 15 is 0 Å². The van der Waals surface area contributed by atoms with Gasteiger partial charge in [-0.1, -0.05) is 18.2 Å². The summed E-state index contributed by atoms with van der Waals surface area (Å²) in [6, 6.07) is 17.5. The van der Waals surface area contributed by atoms with Crippen molar-refractivity contribution in [1.82, 2.24) is 19.2 Å². The number of rotatable bonds is 6. The first-order chi connectivity index (χ1) is 13.8. The third kappa shape index (κ3) is 3.12. The number of aliphatic hydroxyl groups excluding tert-OH is 1. The van der Waals surface area contributed by atoms with Crippen LogP contribution in [0.1, 0.15) is 0 Å². The molecule has 5 aromatic rings. The molecule has 4 aromatic heterocycles. The highest BCUT2D eigenvalue weighted by Gasteiger charge is 2.13. The molecule has 0 spiro atoms. The second kappa shape index (κ2) is 6.86. The highest BCUT2D eigenvalue weighted by atomic mass is 16.3. The van der Waals surface area contributed by atoms with Crippen LogP contribution in [0.5, 0.6) is 0 Å². The summed E-state index contributed by atoms with van der Waals surface area (Å²) in [5.74, 6) is 1.38. The van der Waals surface area contributed by atoms with Gasteiger partial charge in [-0.3, -0.25) is 0 Å². The van der Waals surface area contributed by atoms with Crippen LogP contribution < -0.4 is 5.32 Å². The van der Waals surface area contributed by atoms with Gasteiger partial charge in [-0.2, -0.15) is 0 Å². The molecular weight excluding hydrogens is 354 g/mol. The Bertz CT molecular complexity index is 1190. The summed E-state index contributed by atoms with van der Waals surface area (Å²) in [6.07, 6.45) is 5.09. The summed E-state index contributed by atoms with van der Waals surface area (Å²) < 4.78 is 9.64. The number of furan rings is 1. The van der Waals surface area contributed by atoms with E-state index in [1.165, 1.54) is 0 Å². The van der Waals surface area contributed by atoms with Crippen molar-refractivity contribution in [2.45, 2.75) is 12.6 Å². The zero-order valence-corrected chi connectivity index (χ0v) is 15.1. The Hall–Kier alpha value is -3.58. The molecule has 4 heterocycles. The minimum absolute atomic E-state index is 0.394. The van der Waals surface area contributed by atoms with Gasteiger partial charge in [-0.15, -0.1) is 5.10 Å². The minimum Gasteiger partial charge on any atom is -0.454 e. The average Bonchev–Trinajstić information content (AvgIpc) is 3.44. The lowest BCUT2D eigenvalue weighted by Crippen LogP contribution is -2.24. The fourth-order valence-corrected chi connectivity index (χ4v) is 3.27. The predicted octanol–water partition coefficient (Wildman–Crippen LogP) is 3.42. The van der Waals surface area contributed by atoms with Gasteiger partial charge in [0.1, 0.15) is 17.1 Å². The maximum atomic E-state index is 10.2. The summed E-state index contributed by atoms with van der Waals surface area (Å²) in [5.41, 5.74) is 2.34. The number of anilines is 1. The Balaban J connectivity index is 1.38. The van der Waals surface area contributed by atoms with Crippen molar-refractivity contribution in [2.24, 2.45) is 0 Å². The highest BCUT2D eigenvalue weighted by molar-refractivity contribution is 5.82. The summed E-state index contributed by atoms with van der Waals surface area (Å²) >= 11 is 0.